The molecule has 0 unspecified atom stereocenters. The van der Waals surface area contributed by atoms with Gasteiger partial charge in [-0.3, -0.25) is 19.0 Å². The summed E-state index contributed by atoms with van der Waals surface area (Å²) in [6.45, 7) is 4.12. The zero-order valence-electron chi connectivity index (χ0n) is 17.1. The second kappa shape index (κ2) is 8.60. The summed E-state index contributed by atoms with van der Waals surface area (Å²) < 4.78 is 7.79. The van der Waals surface area contributed by atoms with Crippen molar-refractivity contribution in [3.63, 3.8) is 0 Å². The fraction of sp³-hybridized carbons (Fsp3) is 0.250. The van der Waals surface area contributed by atoms with Crippen LogP contribution in [0.25, 0.3) is 0 Å². The second-order valence-corrected chi connectivity index (χ2v) is 6.47. The Labute approximate surface area is 172 Å². The number of hydrogen-bond donors (Lipinski definition) is 2. The second-order valence-electron chi connectivity index (χ2n) is 6.47. The highest BCUT2D eigenvalue weighted by atomic mass is 16.5. The minimum atomic E-state index is -0.490. The number of benzene rings is 1. The van der Waals surface area contributed by atoms with Crippen molar-refractivity contribution < 1.29 is 19.1 Å². The van der Waals surface area contributed by atoms with Gasteiger partial charge in [0.2, 0.25) is 0 Å². The first-order valence-electron chi connectivity index (χ1n) is 9.21. The van der Waals surface area contributed by atoms with Crippen molar-refractivity contribution in [2.75, 3.05) is 17.7 Å². The van der Waals surface area contributed by atoms with E-state index in [2.05, 4.69) is 25.6 Å². The van der Waals surface area contributed by atoms with Crippen LogP contribution in [0.5, 0.6) is 0 Å². The van der Waals surface area contributed by atoms with Crippen molar-refractivity contribution in [1.29, 1.82) is 0 Å². The molecule has 0 spiro atoms. The first kappa shape index (κ1) is 20.8. The maximum Gasteiger partial charge on any atom is 0.337 e. The number of nitrogens with zero attached hydrogens (tertiary/aromatic N) is 4. The maximum atomic E-state index is 12.9. The van der Waals surface area contributed by atoms with E-state index in [9.17, 15) is 14.4 Å². The smallest absolute Gasteiger partial charge is 0.337 e. The van der Waals surface area contributed by atoms with Crippen LogP contribution in [-0.4, -0.2) is 44.5 Å². The van der Waals surface area contributed by atoms with Gasteiger partial charge < -0.3 is 15.4 Å². The molecule has 3 rings (SSSR count). The fourth-order valence-electron chi connectivity index (χ4n) is 2.83. The Morgan fingerprint density at radius 3 is 2.13 bits per heavy atom. The minimum absolute atomic E-state index is 0.222. The van der Waals surface area contributed by atoms with Crippen LogP contribution >= 0.6 is 0 Å². The van der Waals surface area contributed by atoms with Crippen LogP contribution in [0, 0.1) is 6.92 Å². The molecule has 156 valence electrons. The average Bonchev–Trinajstić information content (AvgIpc) is 3.31. The zero-order chi connectivity index (χ0) is 21.8. The Bertz CT molecular complexity index is 1100. The van der Waals surface area contributed by atoms with Gasteiger partial charge in [0.05, 0.1) is 42.1 Å². The zero-order valence-corrected chi connectivity index (χ0v) is 17.1. The number of aryl methyl sites for hydroxylation is 2. The molecule has 0 saturated carbocycles. The molecule has 30 heavy (non-hydrogen) atoms. The molecule has 2 heterocycles. The summed E-state index contributed by atoms with van der Waals surface area (Å²) in [4.78, 5) is 37.1. The van der Waals surface area contributed by atoms with E-state index in [1.165, 1.54) is 42.3 Å². The van der Waals surface area contributed by atoms with E-state index in [4.69, 9.17) is 0 Å². The number of methoxy groups -OCH3 is 1. The van der Waals surface area contributed by atoms with Crippen molar-refractivity contribution in [1.82, 2.24) is 19.6 Å². The number of esters is 1. The molecule has 10 heteroatoms. The summed E-state index contributed by atoms with van der Waals surface area (Å²) in [6, 6.07) is 6.00. The van der Waals surface area contributed by atoms with Crippen LogP contribution in [0.2, 0.25) is 0 Å². The first-order valence-corrected chi connectivity index (χ1v) is 9.21. The number of aromatic nitrogens is 4. The molecule has 10 nitrogen and oxygen atoms in total. The summed E-state index contributed by atoms with van der Waals surface area (Å²) >= 11 is 0. The number of anilines is 2. The molecule has 0 saturated heterocycles. The SMILES string of the molecule is CCn1ncc(NC(=O)c2ccc(C(=O)OC)cc2)c1C(=O)Nc1cnn(C)c1C. The number of nitrogens with one attached hydrogen (secondary N) is 2. The van der Waals surface area contributed by atoms with Crippen molar-refractivity contribution in [3.8, 4) is 0 Å². The number of rotatable bonds is 6. The molecule has 2 N–H and O–H groups in total. The van der Waals surface area contributed by atoms with Gasteiger partial charge >= 0.3 is 5.97 Å². The molecule has 2 aromatic heterocycles. The molecule has 0 fully saturated rings. The molecule has 3 aromatic rings. The highest BCUT2D eigenvalue weighted by molar-refractivity contribution is 6.11. The van der Waals surface area contributed by atoms with Crippen molar-refractivity contribution in [2.45, 2.75) is 20.4 Å². The Hall–Kier alpha value is -3.95. The number of ether oxygens (including phenoxy) is 1. The van der Waals surface area contributed by atoms with E-state index in [0.717, 1.165) is 5.69 Å². The van der Waals surface area contributed by atoms with E-state index >= 15 is 0 Å². The third-order valence-corrected chi connectivity index (χ3v) is 4.65. The van der Waals surface area contributed by atoms with Crippen LogP contribution < -0.4 is 10.6 Å². The Balaban J connectivity index is 1.82. The van der Waals surface area contributed by atoms with Gasteiger partial charge in [-0.2, -0.15) is 10.2 Å². The molecule has 0 bridgehead atoms. The molecule has 0 aliphatic carbocycles. The maximum absolute atomic E-state index is 12.9. The Kier molecular flexibility index (Phi) is 5.95. The van der Waals surface area contributed by atoms with Gasteiger partial charge in [-0.15, -0.1) is 0 Å². The fourth-order valence-corrected chi connectivity index (χ4v) is 2.83. The summed E-state index contributed by atoms with van der Waals surface area (Å²) in [5.74, 6) is -1.34. The van der Waals surface area contributed by atoms with E-state index in [1.807, 2.05) is 13.8 Å². The minimum Gasteiger partial charge on any atom is -0.465 e. The number of hydrogen-bond acceptors (Lipinski definition) is 6. The summed E-state index contributed by atoms with van der Waals surface area (Å²) in [5, 5.41) is 13.8. The summed E-state index contributed by atoms with van der Waals surface area (Å²) in [7, 11) is 3.06. The van der Waals surface area contributed by atoms with Gasteiger partial charge in [0, 0.05) is 19.2 Å². The van der Waals surface area contributed by atoms with E-state index in [-0.39, 0.29) is 11.4 Å². The van der Waals surface area contributed by atoms with Crippen LogP contribution in [-0.2, 0) is 18.3 Å². The topological polar surface area (TPSA) is 120 Å². The Morgan fingerprint density at radius 2 is 1.57 bits per heavy atom. The van der Waals surface area contributed by atoms with Gasteiger partial charge in [0.25, 0.3) is 11.8 Å². The van der Waals surface area contributed by atoms with Gasteiger partial charge in [-0.05, 0) is 38.1 Å². The standard InChI is InChI=1S/C20H22N6O4/c1-5-26-17(19(28)23-15-10-21-25(3)12(15)2)16(11-22-26)24-18(27)13-6-8-14(9-7-13)20(29)30-4/h6-11H,5H2,1-4H3,(H,23,28)(H,24,27). The average molecular weight is 410 g/mol. The lowest BCUT2D eigenvalue weighted by Gasteiger charge is -2.10. The third kappa shape index (κ3) is 4.07. The van der Waals surface area contributed by atoms with Crippen molar-refractivity contribution in [3.05, 3.63) is 59.2 Å². The largest absolute Gasteiger partial charge is 0.465 e. The van der Waals surface area contributed by atoms with Gasteiger partial charge in [0.1, 0.15) is 5.69 Å². The lowest BCUT2D eigenvalue weighted by molar-refractivity contribution is 0.0600. The number of carbonyl (C=O) groups is 3. The van der Waals surface area contributed by atoms with Crippen molar-refractivity contribution >= 4 is 29.2 Å². The van der Waals surface area contributed by atoms with Crippen molar-refractivity contribution in [2.24, 2.45) is 7.05 Å². The van der Waals surface area contributed by atoms with Gasteiger partial charge in [0.15, 0.2) is 0 Å². The lowest BCUT2D eigenvalue weighted by atomic mass is 10.1. The van der Waals surface area contributed by atoms with E-state index < -0.39 is 17.8 Å². The predicted octanol–water partition coefficient (Wildman–Crippen LogP) is 2.24. The Morgan fingerprint density at radius 1 is 0.967 bits per heavy atom. The lowest BCUT2D eigenvalue weighted by Crippen LogP contribution is -2.21. The molecular formula is C20H22N6O4. The molecule has 0 aliphatic rings. The van der Waals surface area contributed by atoms with Crippen LogP contribution in [0.3, 0.4) is 0 Å². The predicted molar refractivity (Wildman–Crippen MR) is 110 cm³/mol. The van der Waals surface area contributed by atoms with E-state index in [0.29, 0.717) is 23.4 Å². The highest BCUT2D eigenvalue weighted by Gasteiger charge is 2.21. The first-order chi connectivity index (χ1) is 14.3. The molecule has 0 atom stereocenters. The van der Waals surface area contributed by atoms with E-state index in [1.54, 1.807) is 17.9 Å². The molecule has 2 amide bonds. The normalized spacial score (nSPS) is 10.5. The molecule has 1 aromatic carbocycles. The van der Waals surface area contributed by atoms with Crippen LogP contribution in [0.4, 0.5) is 11.4 Å². The third-order valence-electron chi connectivity index (χ3n) is 4.65. The number of carbonyl (C=O) groups excluding carboxylic acids is 3. The molecule has 0 aliphatic heterocycles. The molecule has 0 radical (unpaired) electrons. The summed E-state index contributed by atoms with van der Waals surface area (Å²) in [5.41, 5.74) is 2.52. The molecular weight excluding hydrogens is 388 g/mol. The number of amides is 2. The van der Waals surface area contributed by atoms with Crippen LogP contribution in [0.1, 0.15) is 43.8 Å². The summed E-state index contributed by atoms with van der Waals surface area (Å²) in [6.07, 6.45) is 2.98. The van der Waals surface area contributed by atoms with Gasteiger partial charge in [-0.25, -0.2) is 4.79 Å². The monoisotopic (exact) mass is 410 g/mol. The quantitative estimate of drug-likeness (QED) is 0.602. The van der Waals surface area contributed by atoms with Gasteiger partial charge in [-0.1, -0.05) is 0 Å². The highest BCUT2D eigenvalue weighted by Crippen LogP contribution is 2.20. The van der Waals surface area contributed by atoms with Crippen LogP contribution in [0.15, 0.2) is 36.7 Å².